The zero-order chi connectivity index (χ0) is 32.0. The van der Waals surface area contributed by atoms with Crippen LogP contribution in [0.15, 0.2) is 117 Å². The quantitative estimate of drug-likeness (QED) is 0.279. The number of nitrogens with two attached hydrogens (primary N) is 1. The molecule has 13 heteroatoms. The highest BCUT2D eigenvalue weighted by molar-refractivity contribution is 8.16. The third-order valence-corrected chi connectivity index (χ3v) is 18.2. The van der Waals surface area contributed by atoms with Gasteiger partial charge in [0.2, 0.25) is 24.3 Å². The van der Waals surface area contributed by atoms with Crippen LogP contribution in [0.5, 0.6) is 0 Å². The average Bonchev–Trinajstić information content (AvgIpc) is 2.93. The van der Waals surface area contributed by atoms with Gasteiger partial charge in [-0.15, -0.1) is 0 Å². The number of hydrogen-bond acceptors (Lipinski definition) is 9. The van der Waals surface area contributed by atoms with Crippen LogP contribution in [-0.2, 0) is 39.3 Å². The van der Waals surface area contributed by atoms with Crippen LogP contribution in [0, 0.1) is 27.7 Å². The number of sulfone groups is 4. The highest BCUT2D eigenvalue weighted by atomic mass is 32.3. The molecule has 0 spiro atoms. The van der Waals surface area contributed by atoms with E-state index in [9.17, 15) is 33.7 Å². The molecular weight excluding hydrogens is 631 g/mol. The molecule has 0 amide bonds. The van der Waals surface area contributed by atoms with Crippen LogP contribution in [0.25, 0.3) is 0 Å². The Hall–Kier alpha value is -3.36. The van der Waals surface area contributed by atoms with Crippen molar-refractivity contribution in [3.63, 3.8) is 0 Å². The summed E-state index contributed by atoms with van der Waals surface area (Å²) in [7, 11) is -21.7. The van der Waals surface area contributed by atoms with E-state index < -0.39 is 67.7 Å². The van der Waals surface area contributed by atoms with E-state index in [1.54, 1.807) is 27.7 Å². The summed E-state index contributed by atoms with van der Waals surface area (Å²) in [5.74, 6) is 0. The standard InChI is InChI=1S/C30H31NO8S4/c1-21-5-13-25(14-6-21)40(32,33)29(41(34,35)26-15-7-22(2)8-16-26)30(31,42(36,37)27-17-9-23(3)10-18-27)43(38,39)28-19-11-24(4)12-20-28/h5-20,29H,31H2,1-4H3. The summed E-state index contributed by atoms with van der Waals surface area (Å²) < 4.78 is 109. The summed E-state index contributed by atoms with van der Waals surface area (Å²) >= 11 is 0. The highest BCUT2D eigenvalue weighted by Crippen LogP contribution is 2.43. The SMILES string of the molecule is Cc1ccc(S(=O)(=O)C(C(N)(S(=O)(=O)c2ccc(C)cc2)S(=O)(=O)c2ccc(C)cc2)S(=O)(=O)c2ccc(C)cc2)cc1. The van der Waals surface area contributed by atoms with E-state index in [1.807, 2.05) is 0 Å². The normalized spacial score (nSPS) is 13.3. The van der Waals surface area contributed by atoms with Crippen LogP contribution in [0.1, 0.15) is 22.3 Å². The van der Waals surface area contributed by atoms with Gasteiger partial charge in [-0.3, -0.25) is 5.73 Å². The van der Waals surface area contributed by atoms with Gasteiger partial charge in [0.1, 0.15) is 0 Å². The predicted molar refractivity (Wildman–Crippen MR) is 164 cm³/mol. The third-order valence-electron chi connectivity index (χ3n) is 7.09. The number of benzene rings is 4. The Bertz CT molecular complexity index is 1940. The fourth-order valence-corrected chi connectivity index (χ4v) is 15.9. The maximum atomic E-state index is 14.5. The molecule has 0 unspecified atom stereocenters. The van der Waals surface area contributed by atoms with Gasteiger partial charge < -0.3 is 0 Å². The first-order valence-electron chi connectivity index (χ1n) is 12.9. The van der Waals surface area contributed by atoms with Crippen LogP contribution in [0.3, 0.4) is 0 Å². The van der Waals surface area contributed by atoms with E-state index in [-0.39, 0.29) is 0 Å². The first-order chi connectivity index (χ1) is 19.9. The molecule has 0 heterocycles. The molecule has 2 N–H and O–H groups in total. The second kappa shape index (κ2) is 11.3. The molecule has 0 aliphatic heterocycles. The van der Waals surface area contributed by atoms with E-state index >= 15 is 0 Å². The second-order valence-electron chi connectivity index (χ2n) is 10.4. The topological polar surface area (TPSA) is 163 Å². The second-order valence-corrected chi connectivity index (χ2v) is 19.3. The summed E-state index contributed by atoms with van der Waals surface area (Å²) in [5.41, 5.74) is 8.97. The molecule has 228 valence electrons. The molecule has 0 atom stereocenters. The van der Waals surface area contributed by atoms with Crippen LogP contribution in [0.4, 0.5) is 0 Å². The van der Waals surface area contributed by atoms with E-state index in [0.29, 0.717) is 22.3 Å². The highest BCUT2D eigenvalue weighted by Gasteiger charge is 2.68. The van der Waals surface area contributed by atoms with Crippen molar-refractivity contribution < 1.29 is 33.7 Å². The molecule has 4 aromatic carbocycles. The number of rotatable bonds is 9. The lowest BCUT2D eigenvalue weighted by atomic mass is 10.2. The largest absolute Gasteiger partial charge is 0.297 e. The van der Waals surface area contributed by atoms with E-state index in [1.165, 1.54) is 48.5 Å². The van der Waals surface area contributed by atoms with Gasteiger partial charge in [-0.05, 0) is 76.2 Å². The van der Waals surface area contributed by atoms with Crippen molar-refractivity contribution in [2.24, 2.45) is 5.73 Å². The summed E-state index contributed by atoms with van der Waals surface area (Å²) in [6, 6.07) is 19.5. The Labute approximate surface area is 253 Å². The minimum absolute atomic E-state index is 0.610. The minimum Gasteiger partial charge on any atom is -0.297 e. The summed E-state index contributed by atoms with van der Waals surface area (Å²) in [6.07, 6.45) is 0. The average molecular weight is 662 g/mol. The molecule has 43 heavy (non-hydrogen) atoms. The van der Waals surface area contributed by atoms with Gasteiger partial charge in [0.25, 0.3) is 4.20 Å². The molecule has 4 aromatic rings. The van der Waals surface area contributed by atoms with E-state index in [4.69, 9.17) is 5.73 Å². The Morgan fingerprint density at radius 2 is 0.628 bits per heavy atom. The van der Waals surface area contributed by atoms with Gasteiger partial charge in [-0.1, -0.05) is 70.8 Å². The van der Waals surface area contributed by atoms with Crippen LogP contribution >= 0.6 is 0 Å². The smallest absolute Gasteiger partial charge is 0.261 e. The van der Waals surface area contributed by atoms with Crippen molar-refractivity contribution >= 4 is 39.3 Å². The van der Waals surface area contributed by atoms with Crippen molar-refractivity contribution in [1.82, 2.24) is 0 Å². The summed E-state index contributed by atoms with van der Waals surface area (Å²) in [5, 5.41) is 0. The summed E-state index contributed by atoms with van der Waals surface area (Å²) in [6.45, 7) is 6.63. The monoisotopic (exact) mass is 661 g/mol. The van der Waals surface area contributed by atoms with Gasteiger partial charge in [0.15, 0.2) is 19.7 Å². The van der Waals surface area contributed by atoms with Gasteiger partial charge in [-0.25, -0.2) is 33.7 Å². The van der Waals surface area contributed by atoms with Crippen molar-refractivity contribution in [2.45, 2.75) is 56.1 Å². The lowest BCUT2D eigenvalue weighted by molar-refractivity contribution is 0.524. The Morgan fingerprint density at radius 1 is 0.419 bits per heavy atom. The molecular formula is C30H31NO8S4. The molecule has 0 radical (unpaired) electrons. The van der Waals surface area contributed by atoms with Gasteiger partial charge >= 0.3 is 0 Å². The van der Waals surface area contributed by atoms with Crippen LogP contribution in [-0.4, -0.2) is 42.5 Å². The Kier molecular flexibility index (Phi) is 8.55. The minimum atomic E-state index is -5.50. The fraction of sp³-hybridized carbons (Fsp3) is 0.200. The van der Waals surface area contributed by atoms with E-state index in [0.717, 1.165) is 48.5 Å². The van der Waals surface area contributed by atoms with Gasteiger partial charge in [0, 0.05) is 0 Å². The first kappa shape index (κ1) is 32.6. The Balaban J connectivity index is 2.22. The maximum Gasteiger partial charge on any atom is 0.261 e. The van der Waals surface area contributed by atoms with Crippen LogP contribution < -0.4 is 5.73 Å². The molecule has 0 aliphatic carbocycles. The van der Waals surface area contributed by atoms with Crippen molar-refractivity contribution in [2.75, 3.05) is 0 Å². The first-order valence-corrected chi connectivity index (χ1v) is 19.0. The maximum absolute atomic E-state index is 14.5. The predicted octanol–water partition coefficient (Wildman–Crippen LogP) is 4.05. The Morgan fingerprint density at radius 3 is 0.860 bits per heavy atom. The van der Waals surface area contributed by atoms with Gasteiger partial charge in [-0.2, -0.15) is 0 Å². The van der Waals surface area contributed by atoms with E-state index in [2.05, 4.69) is 0 Å². The zero-order valence-corrected chi connectivity index (χ0v) is 27.1. The fourth-order valence-electron chi connectivity index (χ4n) is 4.50. The van der Waals surface area contributed by atoms with Crippen molar-refractivity contribution in [3.05, 3.63) is 119 Å². The summed E-state index contributed by atoms with van der Waals surface area (Å²) in [4.78, 5) is -2.57. The molecule has 0 fully saturated rings. The lowest BCUT2D eigenvalue weighted by Crippen LogP contribution is -2.66. The molecule has 4 rings (SSSR count). The number of aryl methyl sites for hydroxylation is 4. The molecule has 0 saturated heterocycles. The molecule has 0 aromatic heterocycles. The van der Waals surface area contributed by atoms with Crippen molar-refractivity contribution in [3.8, 4) is 0 Å². The lowest BCUT2D eigenvalue weighted by Gasteiger charge is -2.35. The van der Waals surface area contributed by atoms with Crippen molar-refractivity contribution in [1.29, 1.82) is 0 Å². The molecule has 0 saturated carbocycles. The molecule has 9 nitrogen and oxygen atoms in total. The third kappa shape index (κ3) is 5.55. The molecule has 0 aliphatic rings. The number of hydrogen-bond donors (Lipinski definition) is 1. The van der Waals surface area contributed by atoms with Gasteiger partial charge in [0.05, 0.1) is 19.6 Å². The van der Waals surface area contributed by atoms with Crippen LogP contribution in [0.2, 0.25) is 0 Å². The molecule has 0 bridgehead atoms. The zero-order valence-electron chi connectivity index (χ0n) is 23.8.